The Balaban J connectivity index is 0.00000243. The molecular weight excluding hydrogens is 357 g/mol. The van der Waals surface area contributed by atoms with Crippen LogP contribution < -0.4 is 14.2 Å². The molecule has 1 aliphatic heterocycles. The zero-order chi connectivity index (χ0) is 17.6. The summed E-state index contributed by atoms with van der Waals surface area (Å²) in [5.74, 6) is 1.52. The van der Waals surface area contributed by atoms with Gasteiger partial charge in [-0.05, 0) is 42.4 Å². The molecule has 0 N–H and O–H groups in total. The molecule has 3 rings (SSSR count). The van der Waals surface area contributed by atoms with Crippen LogP contribution in [0.15, 0.2) is 42.5 Å². The normalized spacial score (nSPS) is 12.9. The number of hydrogen-bond donors (Lipinski definition) is 0. The first-order valence-corrected chi connectivity index (χ1v) is 8.23. The van der Waals surface area contributed by atoms with Crippen LogP contribution in [0.25, 0.3) is 6.08 Å². The number of halogens is 2. The summed E-state index contributed by atoms with van der Waals surface area (Å²) in [4.78, 5) is 2.17. The van der Waals surface area contributed by atoms with Crippen molar-refractivity contribution in [1.29, 1.82) is 0 Å². The van der Waals surface area contributed by atoms with Crippen LogP contribution in [0.4, 0.5) is 4.39 Å². The summed E-state index contributed by atoms with van der Waals surface area (Å²) < 4.78 is 29.7. The topological polar surface area (TPSA) is 30.9 Å². The van der Waals surface area contributed by atoms with Crippen molar-refractivity contribution in [2.45, 2.75) is 6.54 Å². The number of ether oxygens (including phenoxy) is 3. The lowest BCUT2D eigenvalue weighted by molar-refractivity contribution is 0.171. The van der Waals surface area contributed by atoms with Gasteiger partial charge in [-0.2, -0.15) is 0 Å². The average Bonchev–Trinajstić information content (AvgIpc) is 2.62. The van der Waals surface area contributed by atoms with Gasteiger partial charge < -0.3 is 14.2 Å². The first kappa shape index (κ1) is 20.1. The predicted molar refractivity (Wildman–Crippen MR) is 103 cm³/mol. The van der Waals surface area contributed by atoms with Crippen molar-refractivity contribution in [2.24, 2.45) is 0 Å². The first-order chi connectivity index (χ1) is 12.2. The molecule has 0 saturated heterocycles. The molecule has 1 heterocycles. The van der Waals surface area contributed by atoms with Gasteiger partial charge in [-0.15, -0.1) is 12.4 Å². The van der Waals surface area contributed by atoms with Crippen LogP contribution in [0.1, 0.15) is 11.1 Å². The van der Waals surface area contributed by atoms with Crippen molar-refractivity contribution < 1.29 is 18.6 Å². The summed E-state index contributed by atoms with van der Waals surface area (Å²) in [5, 5.41) is 0. The fourth-order valence-corrected chi connectivity index (χ4v) is 2.72. The summed E-state index contributed by atoms with van der Waals surface area (Å²) in [5.41, 5.74) is 1.97. The van der Waals surface area contributed by atoms with Crippen LogP contribution in [0.3, 0.4) is 0 Å². The molecule has 0 unspecified atom stereocenters. The van der Waals surface area contributed by atoms with E-state index < -0.39 is 0 Å². The first-order valence-electron chi connectivity index (χ1n) is 8.23. The van der Waals surface area contributed by atoms with E-state index in [1.807, 2.05) is 43.5 Å². The van der Waals surface area contributed by atoms with Gasteiger partial charge in [0.15, 0.2) is 23.1 Å². The molecule has 0 bridgehead atoms. The van der Waals surface area contributed by atoms with E-state index in [1.54, 1.807) is 6.07 Å². The summed E-state index contributed by atoms with van der Waals surface area (Å²) in [6.07, 6.45) is 3.92. The average molecular weight is 380 g/mol. The number of fused-ring (bicyclic) bond motifs is 1. The van der Waals surface area contributed by atoms with Crippen molar-refractivity contribution >= 4 is 18.5 Å². The van der Waals surface area contributed by atoms with Crippen LogP contribution >= 0.6 is 12.4 Å². The van der Waals surface area contributed by atoms with Gasteiger partial charge in [0.1, 0.15) is 13.2 Å². The number of rotatable bonds is 6. The highest BCUT2D eigenvalue weighted by Gasteiger charge is 2.12. The molecule has 2 aromatic carbocycles. The van der Waals surface area contributed by atoms with Crippen molar-refractivity contribution in [3.05, 3.63) is 59.4 Å². The molecule has 0 saturated carbocycles. The molecule has 140 valence electrons. The number of likely N-dealkylation sites (N-methyl/N-ethyl adjacent to an activating group) is 1. The fourth-order valence-electron chi connectivity index (χ4n) is 2.72. The number of nitrogens with zero attached hydrogens (tertiary/aromatic N) is 1. The van der Waals surface area contributed by atoms with E-state index >= 15 is 0 Å². The van der Waals surface area contributed by atoms with Gasteiger partial charge in [0.2, 0.25) is 0 Å². The van der Waals surface area contributed by atoms with Crippen molar-refractivity contribution in [3.8, 4) is 17.2 Å². The summed E-state index contributed by atoms with van der Waals surface area (Å²) in [6.45, 7) is 2.73. The molecule has 0 aliphatic carbocycles. The lowest BCUT2D eigenvalue weighted by Gasteiger charge is -2.20. The molecule has 1 aliphatic rings. The number of methoxy groups -OCH3 is 1. The minimum Gasteiger partial charge on any atom is -0.494 e. The largest absolute Gasteiger partial charge is 0.494 e. The van der Waals surface area contributed by atoms with Crippen LogP contribution in [0.5, 0.6) is 17.2 Å². The Morgan fingerprint density at radius 1 is 1.12 bits per heavy atom. The van der Waals surface area contributed by atoms with E-state index in [4.69, 9.17) is 14.2 Å². The lowest BCUT2D eigenvalue weighted by atomic mass is 10.1. The van der Waals surface area contributed by atoms with E-state index in [2.05, 4.69) is 4.90 Å². The van der Waals surface area contributed by atoms with E-state index in [0.717, 1.165) is 35.7 Å². The van der Waals surface area contributed by atoms with Crippen LogP contribution in [-0.2, 0) is 6.54 Å². The minimum absolute atomic E-state index is 0. The standard InChI is InChI=1S/C20H22FNO3.ClH/c1-22(9-3-4-15-5-7-18(23-2)17(21)12-15)14-16-6-8-19-20(13-16)25-11-10-24-19;/h3-8,12-13H,9-11,14H2,1-2H3;1H/b4-3+;. The third kappa shape index (κ3) is 5.13. The SMILES string of the molecule is COc1ccc(/C=C/CN(C)Cc2ccc3c(c2)OCCO3)cc1F.Cl. The van der Waals surface area contributed by atoms with Gasteiger partial charge in [-0.1, -0.05) is 24.3 Å². The molecule has 0 spiro atoms. The maximum absolute atomic E-state index is 13.7. The highest BCUT2D eigenvalue weighted by molar-refractivity contribution is 5.85. The van der Waals surface area contributed by atoms with E-state index in [-0.39, 0.29) is 24.0 Å². The lowest BCUT2D eigenvalue weighted by Crippen LogP contribution is -2.19. The zero-order valence-electron chi connectivity index (χ0n) is 14.9. The second-order valence-corrected chi connectivity index (χ2v) is 5.97. The molecule has 0 fully saturated rings. The summed E-state index contributed by atoms with van der Waals surface area (Å²) >= 11 is 0. The van der Waals surface area contributed by atoms with Crippen LogP contribution in [0.2, 0.25) is 0 Å². The molecule has 2 aromatic rings. The van der Waals surface area contributed by atoms with Gasteiger partial charge in [0.05, 0.1) is 7.11 Å². The van der Waals surface area contributed by atoms with E-state index in [9.17, 15) is 4.39 Å². The maximum atomic E-state index is 13.7. The molecule has 6 heteroatoms. The quantitative estimate of drug-likeness (QED) is 0.753. The second-order valence-electron chi connectivity index (χ2n) is 5.97. The third-order valence-electron chi connectivity index (χ3n) is 3.96. The Kier molecular flexibility index (Phi) is 7.30. The predicted octanol–water partition coefficient (Wildman–Crippen LogP) is 4.17. The molecule has 0 radical (unpaired) electrons. The fraction of sp³-hybridized carbons (Fsp3) is 0.300. The molecule has 0 aromatic heterocycles. The Labute approximate surface area is 159 Å². The van der Waals surface area contributed by atoms with Crippen LogP contribution in [-0.4, -0.2) is 38.8 Å². The van der Waals surface area contributed by atoms with Crippen molar-refractivity contribution in [2.75, 3.05) is 33.9 Å². The van der Waals surface area contributed by atoms with Gasteiger partial charge in [-0.25, -0.2) is 4.39 Å². The van der Waals surface area contributed by atoms with Gasteiger partial charge in [0, 0.05) is 13.1 Å². The monoisotopic (exact) mass is 379 g/mol. The van der Waals surface area contributed by atoms with Gasteiger partial charge >= 0.3 is 0 Å². The second kappa shape index (κ2) is 9.46. The Morgan fingerprint density at radius 3 is 2.62 bits per heavy atom. The molecule has 0 atom stereocenters. The maximum Gasteiger partial charge on any atom is 0.165 e. The third-order valence-corrected chi connectivity index (χ3v) is 3.96. The molecule has 26 heavy (non-hydrogen) atoms. The summed E-state index contributed by atoms with van der Waals surface area (Å²) in [6, 6.07) is 11.0. The molecule has 0 amide bonds. The van der Waals surface area contributed by atoms with Crippen molar-refractivity contribution in [1.82, 2.24) is 4.90 Å². The van der Waals surface area contributed by atoms with Crippen LogP contribution in [0, 0.1) is 5.82 Å². The van der Waals surface area contributed by atoms with Gasteiger partial charge in [-0.3, -0.25) is 4.90 Å². The highest BCUT2D eigenvalue weighted by Crippen LogP contribution is 2.31. The number of benzene rings is 2. The Morgan fingerprint density at radius 2 is 1.88 bits per heavy atom. The minimum atomic E-state index is -0.353. The Hall–Kier alpha value is -2.24. The van der Waals surface area contributed by atoms with Gasteiger partial charge in [0.25, 0.3) is 0 Å². The van der Waals surface area contributed by atoms with E-state index in [1.165, 1.54) is 13.2 Å². The zero-order valence-corrected chi connectivity index (χ0v) is 15.7. The Bertz CT molecular complexity index is 767. The summed E-state index contributed by atoms with van der Waals surface area (Å²) in [7, 11) is 3.50. The molecular formula is C20H23ClFNO3. The number of hydrogen-bond acceptors (Lipinski definition) is 4. The van der Waals surface area contributed by atoms with E-state index in [0.29, 0.717) is 13.2 Å². The molecule has 4 nitrogen and oxygen atoms in total. The van der Waals surface area contributed by atoms with Crippen molar-refractivity contribution in [3.63, 3.8) is 0 Å². The smallest absolute Gasteiger partial charge is 0.165 e. The highest BCUT2D eigenvalue weighted by atomic mass is 35.5.